The van der Waals surface area contributed by atoms with E-state index >= 15 is 0 Å². The van der Waals surface area contributed by atoms with Gasteiger partial charge in [0.2, 0.25) is 0 Å². The maximum Gasteiger partial charge on any atom is 0.338 e. The number of anilines is 1. The molecule has 3 aromatic carbocycles. The fourth-order valence-electron chi connectivity index (χ4n) is 2.96. The molecule has 0 unspecified atom stereocenters. The Balaban J connectivity index is 1.47. The van der Waals surface area contributed by atoms with Gasteiger partial charge in [-0.15, -0.1) is 0 Å². The SMILES string of the molecule is CC(C)NC(=O)NCc1ccc(C(=O)OCc2ccc(C(=O)Nc3ccccc3)cc2)cc1. The first kappa shape index (κ1) is 23.5. The molecule has 3 N–H and O–H groups in total. The standard InChI is InChI=1S/C26H27N3O4/c1-18(2)28-26(32)27-16-19-8-14-22(15-9-19)25(31)33-17-20-10-12-21(13-11-20)24(30)29-23-6-4-3-5-7-23/h3-15,18H,16-17H2,1-2H3,(H,29,30)(H2,27,28,32). The molecule has 0 fully saturated rings. The first-order valence-corrected chi connectivity index (χ1v) is 10.7. The predicted octanol–water partition coefficient (Wildman–Crippen LogP) is 4.50. The summed E-state index contributed by atoms with van der Waals surface area (Å²) < 4.78 is 5.37. The summed E-state index contributed by atoms with van der Waals surface area (Å²) in [6.45, 7) is 4.23. The van der Waals surface area contributed by atoms with Gasteiger partial charge in [-0.05, 0) is 61.4 Å². The van der Waals surface area contributed by atoms with Crippen LogP contribution in [0.3, 0.4) is 0 Å². The zero-order chi connectivity index (χ0) is 23.6. The van der Waals surface area contributed by atoms with Crippen molar-refractivity contribution in [1.82, 2.24) is 10.6 Å². The zero-order valence-electron chi connectivity index (χ0n) is 18.6. The van der Waals surface area contributed by atoms with E-state index in [2.05, 4.69) is 16.0 Å². The molecule has 3 rings (SSSR count). The van der Waals surface area contributed by atoms with Gasteiger partial charge >= 0.3 is 12.0 Å². The Hall–Kier alpha value is -4.13. The van der Waals surface area contributed by atoms with Crippen molar-refractivity contribution < 1.29 is 19.1 Å². The van der Waals surface area contributed by atoms with Gasteiger partial charge in [-0.3, -0.25) is 4.79 Å². The van der Waals surface area contributed by atoms with Crippen LogP contribution in [0.1, 0.15) is 45.7 Å². The van der Waals surface area contributed by atoms with Crippen LogP contribution in [0.25, 0.3) is 0 Å². The van der Waals surface area contributed by atoms with Crippen molar-refractivity contribution in [2.24, 2.45) is 0 Å². The van der Waals surface area contributed by atoms with E-state index in [1.165, 1.54) is 0 Å². The molecular weight excluding hydrogens is 418 g/mol. The van der Waals surface area contributed by atoms with Crippen LogP contribution in [0, 0.1) is 0 Å². The third kappa shape index (κ3) is 7.50. The molecule has 0 saturated heterocycles. The number of ether oxygens (including phenoxy) is 1. The molecule has 0 saturated carbocycles. The van der Waals surface area contributed by atoms with Crippen molar-refractivity contribution in [1.29, 1.82) is 0 Å². The number of benzene rings is 3. The molecule has 0 heterocycles. The number of para-hydroxylation sites is 1. The second-order valence-electron chi connectivity index (χ2n) is 7.77. The van der Waals surface area contributed by atoms with Crippen LogP contribution in [0.2, 0.25) is 0 Å². The van der Waals surface area contributed by atoms with Crippen LogP contribution in [-0.2, 0) is 17.9 Å². The van der Waals surface area contributed by atoms with Crippen LogP contribution in [-0.4, -0.2) is 23.9 Å². The zero-order valence-corrected chi connectivity index (χ0v) is 18.6. The Kier molecular flexibility index (Phi) is 8.18. The molecular formula is C26H27N3O4. The average Bonchev–Trinajstić information content (AvgIpc) is 2.82. The van der Waals surface area contributed by atoms with Crippen molar-refractivity contribution in [2.75, 3.05) is 5.32 Å². The topological polar surface area (TPSA) is 96.5 Å². The highest BCUT2D eigenvalue weighted by Crippen LogP contribution is 2.12. The lowest BCUT2D eigenvalue weighted by Gasteiger charge is -2.10. The summed E-state index contributed by atoms with van der Waals surface area (Å²) in [7, 11) is 0. The largest absolute Gasteiger partial charge is 0.457 e. The molecule has 33 heavy (non-hydrogen) atoms. The van der Waals surface area contributed by atoms with Crippen LogP contribution in [0.15, 0.2) is 78.9 Å². The lowest BCUT2D eigenvalue weighted by Crippen LogP contribution is -2.39. The Labute approximate surface area is 193 Å². The summed E-state index contributed by atoms with van der Waals surface area (Å²) in [5, 5.41) is 8.33. The van der Waals surface area contributed by atoms with Gasteiger partial charge in [0.25, 0.3) is 5.91 Å². The molecule has 0 bridgehead atoms. The summed E-state index contributed by atoms with van der Waals surface area (Å²) in [5.74, 6) is -0.654. The highest BCUT2D eigenvalue weighted by molar-refractivity contribution is 6.04. The van der Waals surface area contributed by atoms with Crippen molar-refractivity contribution in [2.45, 2.75) is 33.0 Å². The molecule has 7 heteroatoms. The van der Waals surface area contributed by atoms with E-state index in [-0.39, 0.29) is 24.6 Å². The van der Waals surface area contributed by atoms with Crippen LogP contribution in [0.5, 0.6) is 0 Å². The molecule has 0 aliphatic carbocycles. The molecule has 0 atom stereocenters. The summed E-state index contributed by atoms with van der Waals surface area (Å²) in [6.07, 6.45) is 0. The molecule has 0 spiro atoms. The van der Waals surface area contributed by atoms with Crippen LogP contribution >= 0.6 is 0 Å². The Morgan fingerprint density at radius 1 is 0.788 bits per heavy atom. The maximum atomic E-state index is 12.3. The molecule has 0 radical (unpaired) electrons. The minimum atomic E-state index is -0.446. The van der Waals surface area contributed by atoms with E-state index in [0.717, 1.165) is 16.8 Å². The van der Waals surface area contributed by atoms with E-state index < -0.39 is 5.97 Å². The van der Waals surface area contributed by atoms with Crippen molar-refractivity contribution in [3.8, 4) is 0 Å². The van der Waals surface area contributed by atoms with Gasteiger partial charge in [0, 0.05) is 23.8 Å². The van der Waals surface area contributed by atoms with Gasteiger partial charge < -0.3 is 20.7 Å². The minimum absolute atomic E-state index is 0.0600. The van der Waals surface area contributed by atoms with Crippen LogP contribution < -0.4 is 16.0 Å². The number of carbonyl (C=O) groups excluding carboxylic acids is 3. The van der Waals surface area contributed by atoms with Gasteiger partial charge in [-0.1, -0.05) is 42.5 Å². The fraction of sp³-hybridized carbons (Fsp3) is 0.192. The minimum Gasteiger partial charge on any atom is -0.457 e. The summed E-state index contributed by atoms with van der Waals surface area (Å²) in [5.41, 5.74) is 3.30. The quantitative estimate of drug-likeness (QED) is 0.445. The van der Waals surface area contributed by atoms with E-state index in [0.29, 0.717) is 17.7 Å². The second kappa shape index (κ2) is 11.5. The summed E-state index contributed by atoms with van der Waals surface area (Å²) >= 11 is 0. The Morgan fingerprint density at radius 2 is 1.39 bits per heavy atom. The van der Waals surface area contributed by atoms with Gasteiger partial charge in [0.15, 0.2) is 0 Å². The third-order valence-corrected chi connectivity index (χ3v) is 4.68. The third-order valence-electron chi connectivity index (χ3n) is 4.68. The smallest absolute Gasteiger partial charge is 0.338 e. The number of amides is 3. The number of urea groups is 1. The van der Waals surface area contributed by atoms with Crippen molar-refractivity contribution >= 4 is 23.6 Å². The molecule has 170 valence electrons. The fourth-order valence-corrected chi connectivity index (χ4v) is 2.96. The number of esters is 1. The number of hydrogen-bond acceptors (Lipinski definition) is 4. The highest BCUT2D eigenvalue weighted by atomic mass is 16.5. The molecule has 0 aliphatic rings. The Morgan fingerprint density at radius 3 is 2.03 bits per heavy atom. The van der Waals surface area contributed by atoms with Gasteiger partial charge in [0.05, 0.1) is 5.56 Å². The van der Waals surface area contributed by atoms with E-state index in [4.69, 9.17) is 4.74 Å². The lowest BCUT2D eigenvalue weighted by atomic mass is 10.1. The van der Waals surface area contributed by atoms with Gasteiger partial charge in [-0.2, -0.15) is 0 Å². The number of hydrogen-bond donors (Lipinski definition) is 3. The number of carbonyl (C=O) groups is 3. The van der Waals surface area contributed by atoms with E-state index in [1.807, 2.05) is 44.2 Å². The number of nitrogens with one attached hydrogen (secondary N) is 3. The van der Waals surface area contributed by atoms with E-state index in [1.54, 1.807) is 48.5 Å². The lowest BCUT2D eigenvalue weighted by molar-refractivity contribution is 0.0472. The Bertz CT molecular complexity index is 1080. The van der Waals surface area contributed by atoms with Crippen LogP contribution in [0.4, 0.5) is 10.5 Å². The summed E-state index contributed by atoms with van der Waals surface area (Å²) in [4.78, 5) is 36.3. The van der Waals surface area contributed by atoms with Gasteiger partial charge in [0.1, 0.15) is 6.61 Å². The monoisotopic (exact) mass is 445 g/mol. The second-order valence-corrected chi connectivity index (χ2v) is 7.77. The van der Waals surface area contributed by atoms with Crippen molar-refractivity contribution in [3.63, 3.8) is 0 Å². The molecule has 3 amide bonds. The van der Waals surface area contributed by atoms with Crippen molar-refractivity contribution in [3.05, 3.63) is 101 Å². The molecule has 7 nitrogen and oxygen atoms in total. The normalized spacial score (nSPS) is 10.4. The highest BCUT2D eigenvalue weighted by Gasteiger charge is 2.10. The average molecular weight is 446 g/mol. The van der Waals surface area contributed by atoms with Gasteiger partial charge in [-0.25, -0.2) is 9.59 Å². The molecule has 0 aromatic heterocycles. The molecule has 0 aliphatic heterocycles. The summed E-state index contributed by atoms with van der Waals surface area (Å²) in [6, 6.07) is 22.8. The first-order valence-electron chi connectivity index (χ1n) is 10.7. The van der Waals surface area contributed by atoms with E-state index in [9.17, 15) is 14.4 Å². The molecule has 3 aromatic rings. The maximum absolute atomic E-state index is 12.3. The first-order chi connectivity index (χ1) is 15.9. The number of rotatable bonds is 8. The predicted molar refractivity (Wildman–Crippen MR) is 127 cm³/mol.